The van der Waals surface area contributed by atoms with Gasteiger partial charge in [-0.3, -0.25) is 0 Å². The first-order valence-corrected chi connectivity index (χ1v) is 7.38. The summed E-state index contributed by atoms with van der Waals surface area (Å²) in [4.78, 5) is 0. The van der Waals surface area contributed by atoms with Crippen LogP contribution in [0.25, 0.3) is 0 Å². The van der Waals surface area contributed by atoms with Crippen molar-refractivity contribution >= 4 is 11.6 Å². The number of methoxy groups -OCH3 is 2. The maximum Gasteiger partial charge on any atom is 0.169 e. The fourth-order valence-electron chi connectivity index (χ4n) is 2.29. The Balaban J connectivity index is 1.87. The van der Waals surface area contributed by atoms with Gasteiger partial charge in [-0.15, -0.1) is 0 Å². The van der Waals surface area contributed by atoms with Crippen LogP contribution >= 0.6 is 11.6 Å². The molecule has 0 amide bonds. The Hall–Kier alpha value is -1.71. The number of quaternary nitrogens is 1. The molecule has 3 nitrogen and oxygen atoms in total. The zero-order valence-electron chi connectivity index (χ0n) is 12.4. The van der Waals surface area contributed by atoms with Gasteiger partial charge in [0.25, 0.3) is 0 Å². The fraction of sp³-hybridized carbons (Fsp3) is 0.294. The van der Waals surface area contributed by atoms with Crippen LogP contribution in [0.4, 0.5) is 0 Å². The molecule has 2 rings (SSSR count). The van der Waals surface area contributed by atoms with Crippen LogP contribution in [0.2, 0.25) is 5.02 Å². The normalized spacial score (nSPS) is 10.4. The Morgan fingerprint density at radius 3 is 2.43 bits per heavy atom. The average molecular weight is 307 g/mol. The summed E-state index contributed by atoms with van der Waals surface area (Å²) < 4.78 is 10.7. The molecule has 0 saturated heterocycles. The minimum atomic E-state index is 0.779. The number of nitrogens with two attached hydrogens (primary N) is 1. The molecule has 2 N–H and O–H groups in total. The summed E-state index contributed by atoms with van der Waals surface area (Å²) in [5, 5.41) is 3.05. The molecule has 0 atom stereocenters. The van der Waals surface area contributed by atoms with Gasteiger partial charge in [-0.2, -0.15) is 0 Å². The Bertz CT molecular complexity index is 570. The number of halogens is 1. The first-order valence-electron chi connectivity index (χ1n) is 7.00. The van der Waals surface area contributed by atoms with Crippen LogP contribution in [0.15, 0.2) is 42.5 Å². The molecule has 0 aliphatic carbocycles. The largest absolute Gasteiger partial charge is 0.493 e. The van der Waals surface area contributed by atoms with Gasteiger partial charge in [-0.05, 0) is 29.8 Å². The smallest absolute Gasteiger partial charge is 0.169 e. The van der Waals surface area contributed by atoms with Gasteiger partial charge in [-0.25, -0.2) is 0 Å². The third-order valence-electron chi connectivity index (χ3n) is 3.40. The average Bonchev–Trinajstić information content (AvgIpc) is 2.52. The molecule has 0 heterocycles. The lowest BCUT2D eigenvalue weighted by Gasteiger charge is -2.11. The first-order chi connectivity index (χ1) is 10.2. The predicted molar refractivity (Wildman–Crippen MR) is 85.2 cm³/mol. The molecule has 4 heteroatoms. The number of benzene rings is 2. The fourth-order valence-corrected chi connectivity index (χ4v) is 2.42. The Labute approximate surface area is 130 Å². The third-order valence-corrected chi connectivity index (χ3v) is 3.65. The molecule has 0 radical (unpaired) electrons. The van der Waals surface area contributed by atoms with Crippen LogP contribution in [-0.4, -0.2) is 20.8 Å². The lowest BCUT2D eigenvalue weighted by Crippen LogP contribution is -2.83. The number of rotatable bonds is 7. The SMILES string of the molecule is COc1cccc(C[NH2+]CCc2ccc(Cl)cc2)c1OC. The highest BCUT2D eigenvalue weighted by Gasteiger charge is 2.10. The molecule has 0 bridgehead atoms. The highest BCUT2D eigenvalue weighted by molar-refractivity contribution is 6.30. The van der Waals surface area contributed by atoms with Crippen LogP contribution in [0, 0.1) is 0 Å². The number of para-hydroxylation sites is 1. The Kier molecular flexibility index (Phi) is 5.90. The van der Waals surface area contributed by atoms with Gasteiger partial charge in [0.1, 0.15) is 6.54 Å². The minimum Gasteiger partial charge on any atom is -0.493 e. The van der Waals surface area contributed by atoms with Crippen LogP contribution < -0.4 is 14.8 Å². The van der Waals surface area contributed by atoms with Gasteiger partial charge >= 0.3 is 0 Å². The van der Waals surface area contributed by atoms with E-state index in [4.69, 9.17) is 21.1 Å². The van der Waals surface area contributed by atoms with Gasteiger partial charge in [0.2, 0.25) is 0 Å². The molecule has 0 fully saturated rings. The maximum absolute atomic E-state index is 5.88. The molecule has 2 aromatic rings. The van der Waals surface area contributed by atoms with Crippen molar-refractivity contribution in [3.8, 4) is 11.5 Å². The Morgan fingerprint density at radius 1 is 1.00 bits per heavy atom. The van der Waals surface area contributed by atoms with Crippen molar-refractivity contribution < 1.29 is 14.8 Å². The van der Waals surface area contributed by atoms with Crippen molar-refractivity contribution in [2.75, 3.05) is 20.8 Å². The van der Waals surface area contributed by atoms with Crippen molar-refractivity contribution in [2.45, 2.75) is 13.0 Å². The molecule has 21 heavy (non-hydrogen) atoms. The topological polar surface area (TPSA) is 35.1 Å². The molecule has 0 aliphatic heterocycles. The summed E-state index contributed by atoms with van der Waals surface area (Å²) in [6, 6.07) is 14.0. The molecule has 0 aliphatic rings. The lowest BCUT2D eigenvalue weighted by molar-refractivity contribution is -0.670. The predicted octanol–water partition coefficient (Wildman–Crippen LogP) is 2.66. The number of ether oxygens (including phenoxy) is 2. The highest BCUT2D eigenvalue weighted by Crippen LogP contribution is 2.29. The van der Waals surface area contributed by atoms with Crippen LogP contribution in [0.3, 0.4) is 0 Å². The van der Waals surface area contributed by atoms with E-state index in [0.29, 0.717) is 0 Å². The molecule has 0 unspecified atom stereocenters. The van der Waals surface area contributed by atoms with Crippen LogP contribution in [0.5, 0.6) is 11.5 Å². The van der Waals surface area contributed by atoms with Gasteiger partial charge in [-0.1, -0.05) is 29.8 Å². The van der Waals surface area contributed by atoms with Gasteiger partial charge in [0, 0.05) is 11.4 Å². The van der Waals surface area contributed by atoms with E-state index in [0.717, 1.165) is 41.6 Å². The molecule has 2 aromatic carbocycles. The summed E-state index contributed by atoms with van der Waals surface area (Å²) in [7, 11) is 3.33. The summed E-state index contributed by atoms with van der Waals surface area (Å²) in [5.41, 5.74) is 2.45. The lowest BCUT2D eigenvalue weighted by atomic mass is 10.1. The van der Waals surface area contributed by atoms with Crippen LogP contribution in [0.1, 0.15) is 11.1 Å². The second kappa shape index (κ2) is 7.91. The highest BCUT2D eigenvalue weighted by atomic mass is 35.5. The zero-order valence-corrected chi connectivity index (χ0v) is 13.2. The van der Waals surface area contributed by atoms with E-state index in [1.165, 1.54) is 5.56 Å². The van der Waals surface area contributed by atoms with Gasteiger partial charge in [0.15, 0.2) is 11.5 Å². The Morgan fingerprint density at radius 2 is 1.76 bits per heavy atom. The molecule has 112 valence electrons. The quantitative estimate of drug-likeness (QED) is 0.798. The van der Waals surface area contributed by atoms with E-state index in [1.807, 2.05) is 24.3 Å². The summed E-state index contributed by atoms with van der Waals surface area (Å²) in [5.74, 6) is 1.60. The monoisotopic (exact) mass is 306 g/mol. The minimum absolute atomic E-state index is 0.779. The van der Waals surface area contributed by atoms with Crippen molar-refractivity contribution in [3.63, 3.8) is 0 Å². The van der Waals surface area contributed by atoms with E-state index in [-0.39, 0.29) is 0 Å². The van der Waals surface area contributed by atoms with Crippen LogP contribution in [-0.2, 0) is 13.0 Å². The molecular weight excluding hydrogens is 286 g/mol. The molecule has 0 saturated carbocycles. The molecular formula is C17H21ClNO2+. The van der Waals surface area contributed by atoms with Crippen molar-refractivity contribution in [2.24, 2.45) is 0 Å². The third kappa shape index (κ3) is 4.38. The van der Waals surface area contributed by atoms with E-state index in [2.05, 4.69) is 23.5 Å². The van der Waals surface area contributed by atoms with E-state index < -0.39 is 0 Å². The van der Waals surface area contributed by atoms with Gasteiger partial charge in [0.05, 0.1) is 26.3 Å². The zero-order chi connectivity index (χ0) is 15.1. The first kappa shape index (κ1) is 15.7. The van der Waals surface area contributed by atoms with E-state index in [9.17, 15) is 0 Å². The standard InChI is InChI=1S/C17H20ClNO2/c1-20-16-5-3-4-14(17(16)21-2)12-19-11-10-13-6-8-15(18)9-7-13/h3-9,19H,10-12H2,1-2H3/p+1. The van der Waals surface area contributed by atoms with E-state index >= 15 is 0 Å². The summed E-state index contributed by atoms with van der Waals surface area (Å²) in [6.45, 7) is 1.88. The van der Waals surface area contributed by atoms with E-state index in [1.54, 1.807) is 14.2 Å². The number of hydrogen-bond acceptors (Lipinski definition) is 2. The summed E-state index contributed by atoms with van der Waals surface area (Å²) >= 11 is 5.88. The second-order valence-corrected chi connectivity index (χ2v) is 5.25. The van der Waals surface area contributed by atoms with Crippen molar-refractivity contribution in [1.82, 2.24) is 0 Å². The summed E-state index contributed by atoms with van der Waals surface area (Å²) in [6.07, 6.45) is 1.02. The number of hydrogen-bond donors (Lipinski definition) is 1. The molecule has 0 aromatic heterocycles. The second-order valence-electron chi connectivity index (χ2n) is 4.81. The molecule has 0 spiro atoms. The van der Waals surface area contributed by atoms with Gasteiger partial charge < -0.3 is 14.8 Å². The maximum atomic E-state index is 5.88. The van der Waals surface area contributed by atoms with Crippen molar-refractivity contribution in [3.05, 3.63) is 58.6 Å². The van der Waals surface area contributed by atoms with Crippen molar-refractivity contribution in [1.29, 1.82) is 0 Å².